The molecule has 0 aliphatic carbocycles. The van der Waals surface area contributed by atoms with Gasteiger partial charge in [0, 0.05) is 18.0 Å². The van der Waals surface area contributed by atoms with Crippen LogP contribution in [0, 0.1) is 0 Å². The number of halogens is 3. The van der Waals surface area contributed by atoms with Crippen molar-refractivity contribution in [1.29, 1.82) is 0 Å². The number of aliphatic hydroxyl groups excluding tert-OH is 1. The molecular weight excluding hydrogens is 389 g/mol. The molecule has 1 aromatic carbocycles. The fraction of sp³-hybridized carbons (Fsp3) is 0.375. The topological polar surface area (TPSA) is 98.5 Å². The highest BCUT2D eigenvalue weighted by atomic mass is 32.2. The second-order valence-corrected chi connectivity index (χ2v) is 8.51. The van der Waals surface area contributed by atoms with E-state index in [0.29, 0.717) is 0 Å². The van der Waals surface area contributed by atoms with Crippen molar-refractivity contribution in [2.24, 2.45) is 0 Å². The molecule has 3 rings (SSSR count). The summed E-state index contributed by atoms with van der Waals surface area (Å²) >= 11 is 0. The Balaban J connectivity index is 2.27. The first-order valence-electron chi connectivity index (χ1n) is 7.71. The summed E-state index contributed by atoms with van der Waals surface area (Å²) < 4.78 is 68.9. The van der Waals surface area contributed by atoms with Crippen molar-refractivity contribution in [3.63, 3.8) is 0 Å². The molecule has 1 N–H and O–H groups in total. The number of hydrogen-bond acceptors (Lipinski definition) is 6. The third-order valence-corrected chi connectivity index (χ3v) is 5.84. The van der Waals surface area contributed by atoms with Gasteiger partial charge in [-0.25, -0.2) is 8.42 Å². The van der Waals surface area contributed by atoms with Crippen molar-refractivity contribution in [2.75, 3.05) is 0 Å². The molecule has 0 amide bonds. The molecule has 2 heterocycles. The number of benzene rings is 1. The van der Waals surface area contributed by atoms with Gasteiger partial charge >= 0.3 is 5.51 Å². The van der Waals surface area contributed by atoms with Gasteiger partial charge in [0.2, 0.25) is 0 Å². The van der Waals surface area contributed by atoms with E-state index in [1.165, 1.54) is 12.4 Å². The molecule has 0 bridgehead atoms. The normalized spacial score (nSPS) is 22.0. The van der Waals surface area contributed by atoms with Crippen LogP contribution in [0.1, 0.15) is 25.5 Å². The van der Waals surface area contributed by atoms with Crippen LogP contribution in [0.15, 0.2) is 46.5 Å². The minimum atomic E-state index is -5.61. The van der Waals surface area contributed by atoms with E-state index in [0.717, 1.165) is 29.0 Å². The lowest BCUT2D eigenvalue weighted by Crippen LogP contribution is -2.52. The fourth-order valence-corrected chi connectivity index (χ4v) is 3.73. The van der Waals surface area contributed by atoms with Crippen LogP contribution < -0.4 is 10.3 Å². The van der Waals surface area contributed by atoms with Gasteiger partial charge in [0.1, 0.15) is 17.5 Å². The maximum Gasteiger partial charge on any atom is 0.501 e. The van der Waals surface area contributed by atoms with Crippen LogP contribution in [0.3, 0.4) is 0 Å². The smallest absolute Gasteiger partial charge is 0.485 e. The molecule has 1 aromatic heterocycles. The van der Waals surface area contributed by atoms with Crippen molar-refractivity contribution < 1.29 is 31.4 Å². The predicted molar refractivity (Wildman–Crippen MR) is 87.0 cm³/mol. The van der Waals surface area contributed by atoms with E-state index in [9.17, 15) is 31.5 Å². The van der Waals surface area contributed by atoms with Crippen molar-refractivity contribution in [2.45, 2.75) is 42.0 Å². The number of aliphatic hydroxyl groups is 1. The molecule has 0 spiro atoms. The maximum absolute atomic E-state index is 12.9. The SMILES string of the molecule is CC1(C)Oc2ccc(S(=O)(=O)C(F)(F)F)cc2[C@@H](n2ccncc2=O)[C@@H]1O. The first-order chi connectivity index (χ1) is 12.4. The molecule has 1 aliphatic heterocycles. The number of nitrogens with zero attached hydrogens (tertiary/aromatic N) is 2. The zero-order valence-corrected chi connectivity index (χ0v) is 15.0. The van der Waals surface area contributed by atoms with Crippen LogP contribution in [0.4, 0.5) is 13.2 Å². The maximum atomic E-state index is 12.9. The van der Waals surface area contributed by atoms with Crippen LogP contribution in [-0.4, -0.2) is 40.3 Å². The lowest BCUT2D eigenvalue weighted by molar-refractivity contribution is -0.0645. The van der Waals surface area contributed by atoms with E-state index in [4.69, 9.17) is 4.74 Å². The van der Waals surface area contributed by atoms with Gasteiger partial charge in [-0.2, -0.15) is 13.2 Å². The lowest BCUT2D eigenvalue weighted by atomic mass is 9.86. The summed E-state index contributed by atoms with van der Waals surface area (Å²) in [5.74, 6) is 0.0696. The van der Waals surface area contributed by atoms with E-state index in [1.807, 2.05) is 0 Å². The van der Waals surface area contributed by atoms with Gasteiger partial charge in [-0.3, -0.25) is 9.78 Å². The molecule has 0 saturated heterocycles. The summed E-state index contributed by atoms with van der Waals surface area (Å²) in [6.07, 6.45) is 2.15. The third kappa shape index (κ3) is 3.10. The number of sulfone groups is 1. The summed E-state index contributed by atoms with van der Waals surface area (Å²) in [4.78, 5) is 14.8. The Morgan fingerprint density at radius 3 is 2.56 bits per heavy atom. The van der Waals surface area contributed by atoms with Crippen LogP contribution in [0.25, 0.3) is 0 Å². The Kier molecular flexibility index (Phi) is 4.35. The van der Waals surface area contributed by atoms with Crippen molar-refractivity contribution in [3.05, 3.63) is 52.7 Å². The number of fused-ring (bicyclic) bond motifs is 1. The lowest BCUT2D eigenvalue weighted by Gasteiger charge is -2.42. The quantitative estimate of drug-likeness (QED) is 0.818. The second kappa shape index (κ2) is 6.06. The van der Waals surface area contributed by atoms with Gasteiger partial charge in [0.25, 0.3) is 15.4 Å². The average molecular weight is 404 g/mol. The Morgan fingerprint density at radius 2 is 1.96 bits per heavy atom. The zero-order valence-electron chi connectivity index (χ0n) is 14.1. The van der Waals surface area contributed by atoms with Crippen molar-refractivity contribution in [1.82, 2.24) is 9.55 Å². The Labute approximate surface area is 152 Å². The van der Waals surface area contributed by atoms with Gasteiger partial charge in [-0.15, -0.1) is 0 Å². The highest BCUT2D eigenvalue weighted by molar-refractivity contribution is 7.92. The molecule has 0 radical (unpaired) electrons. The summed E-state index contributed by atoms with van der Waals surface area (Å²) in [5.41, 5.74) is -7.35. The van der Waals surface area contributed by atoms with Crippen molar-refractivity contribution in [3.8, 4) is 5.75 Å². The number of aromatic nitrogens is 2. The first kappa shape index (κ1) is 19.4. The van der Waals surface area contributed by atoms with E-state index >= 15 is 0 Å². The van der Waals surface area contributed by atoms with Crippen LogP contribution >= 0.6 is 0 Å². The van der Waals surface area contributed by atoms with Crippen molar-refractivity contribution >= 4 is 9.84 Å². The molecule has 27 heavy (non-hydrogen) atoms. The fourth-order valence-electron chi connectivity index (χ4n) is 2.93. The van der Waals surface area contributed by atoms with Gasteiger partial charge < -0.3 is 14.4 Å². The highest BCUT2D eigenvalue weighted by Crippen LogP contribution is 2.43. The summed E-state index contributed by atoms with van der Waals surface area (Å²) in [7, 11) is -5.61. The molecule has 0 unspecified atom stereocenters. The van der Waals surface area contributed by atoms with Gasteiger partial charge in [0.05, 0.1) is 17.1 Å². The number of hydrogen-bond donors (Lipinski definition) is 1. The average Bonchev–Trinajstić information content (AvgIpc) is 2.55. The standard InChI is InChI=1S/C16H15F3N2O5S/c1-15(2)14(23)13(21-6-5-20-8-12(21)22)10-7-9(3-4-11(10)26-15)27(24,25)16(17,18)19/h3-8,13-14,23H,1-2H3/t13-,14+/m1/s1. The zero-order chi connectivity index (χ0) is 20.2. The first-order valence-corrected chi connectivity index (χ1v) is 9.19. The molecule has 0 saturated carbocycles. The van der Waals surface area contributed by atoms with Crippen LogP contribution in [-0.2, 0) is 9.84 Å². The van der Waals surface area contributed by atoms with E-state index < -0.39 is 43.5 Å². The molecule has 11 heteroatoms. The molecule has 146 valence electrons. The summed E-state index contributed by atoms with van der Waals surface area (Å²) in [5, 5.41) is 10.7. The van der Waals surface area contributed by atoms with Gasteiger partial charge in [-0.1, -0.05) is 0 Å². The van der Waals surface area contributed by atoms with Crippen LogP contribution in [0.2, 0.25) is 0 Å². The van der Waals surface area contributed by atoms with E-state index in [2.05, 4.69) is 4.98 Å². The molecular formula is C16H15F3N2O5S. The summed E-state index contributed by atoms with van der Waals surface area (Å²) in [6, 6.07) is 1.47. The minimum Gasteiger partial charge on any atom is -0.485 e. The summed E-state index contributed by atoms with van der Waals surface area (Å²) in [6.45, 7) is 3.08. The Bertz CT molecular complexity index is 1050. The Hall–Kier alpha value is -2.40. The molecule has 0 fully saturated rings. The largest absolute Gasteiger partial charge is 0.501 e. The van der Waals surface area contributed by atoms with Crippen LogP contribution in [0.5, 0.6) is 5.75 Å². The number of alkyl halides is 3. The molecule has 1 aliphatic rings. The predicted octanol–water partition coefficient (Wildman–Crippen LogP) is 1.66. The highest BCUT2D eigenvalue weighted by Gasteiger charge is 2.49. The number of rotatable bonds is 2. The third-order valence-electron chi connectivity index (χ3n) is 4.35. The van der Waals surface area contributed by atoms with Gasteiger partial charge in [-0.05, 0) is 32.0 Å². The molecule has 2 aromatic rings. The van der Waals surface area contributed by atoms with Gasteiger partial charge in [0.15, 0.2) is 0 Å². The molecule has 2 atom stereocenters. The number of ether oxygens (including phenoxy) is 1. The minimum absolute atomic E-state index is 0.0551. The van der Waals surface area contributed by atoms with E-state index in [1.54, 1.807) is 13.8 Å². The monoisotopic (exact) mass is 404 g/mol. The second-order valence-electron chi connectivity index (χ2n) is 6.57. The molecule has 7 nitrogen and oxygen atoms in total. The van der Waals surface area contributed by atoms with E-state index in [-0.39, 0.29) is 11.3 Å². The Morgan fingerprint density at radius 1 is 1.30 bits per heavy atom.